The van der Waals surface area contributed by atoms with Crippen molar-refractivity contribution in [2.24, 2.45) is 0 Å². The number of nitro groups is 1. The van der Waals surface area contributed by atoms with Crippen LogP contribution >= 0.6 is 0 Å². The van der Waals surface area contributed by atoms with Gasteiger partial charge in [-0.25, -0.2) is 4.79 Å². The molecule has 24 heavy (non-hydrogen) atoms. The maximum atomic E-state index is 12.6. The molecule has 0 saturated heterocycles. The first-order valence-electron chi connectivity index (χ1n) is 7.67. The summed E-state index contributed by atoms with van der Waals surface area (Å²) in [6.45, 7) is 6.48. The Labute approximate surface area is 139 Å². The van der Waals surface area contributed by atoms with Crippen molar-refractivity contribution in [3.63, 3.8) is 0 Å². The summed E-state index contributed by atoms with van der Waals surface area (Å²) >= 11 is 0. The molecule has 0 spiro atoms. The van der Waals surface area contributed by atoms with Crippen molar-refractivity contribution in [2.45, 2.75) is 52.2 Å². The van der Waals surface area contributed by atoms with Crippen LogP contribution in [0.4, 0.5) is 21.9 Å². The highest BCUT2D eigenvalue weighted by molar-refractivity contribution is 6.01. The molecule has 130 valence electrons. The second kappa shape index (κ2) is 6.46. The first-order chi connectivity index (χ1) is 11.1. The van der Waals surface area contributed by atoms with Gasteiger partial charge in [0.1, 0.15) is 11.3 Å². The van der Waals surface area contributed by atoms with E-state index in [0.29, 0.717) is 0 Å². The van der Waals surface area contributed by atoms with Crippen molar-refractivity contribution in [3.05, 3.63) is 28.3 Å². The summed E-state index contributed by atoms with van der Waals surface area (Å²) in [5.41, 5.74) is -0.704. The molecule has 1 saturated carbocycles. The molecule has 0 aromatic heterocycles. The van der Waals surface area contributed by atoms with E-state index >= 15 is 0 Å². The molecule has 2 amide bonds. The molecule has 1 aromatic rings. The molecule has 0 heterocycles. The molecule has 8 heteroatoms. The van der Waals surface area contributed by atoms with E-state index in [0.717, 1.165) is 12.8 Å². The Morgan fingerprint density at radius 2 is 1.96 bits per heavy atom. The van der Waals surface area contributed by atoms with Crippen LogP contribution in [0.3, 0.4) is 0 Å². The number of nitro benzene ring substituents is 1. The fourth-order valence-electron chi connectivity index (χ4n) is 2.29. The minimum absolute atomic E-state index is 0.0643. The number of para-hydroxylation sites is 1. The van der Waals surface area contributed by atoms with E-state index in [9.17, 15) is 19.7 Å². The molecular weight excluding hydrogens is 314 g/mol. The van der Waals surface area contributed by atoms with Crippen molar-refractivity contribution in [3.8, 4) is 0 Å². The standard InChI is InChI=1S/C16H21N3O5/c1-10(20)17-12-6-5-7-13(19(22)23)14(12)18(11-8-9-11)15(21)24-16(2,3)4/h5-7,11H,8-9H2,1-4H3,(H,17,20). The van der Waals surface area contributed by atoms with Gasteiger partial charge in [-0.05, 0) is 39.7 Å². The quantitative estimate of drug-likeness (QED) is 0.670. The van der Waals surface area contributed by atoms with Gasteiger partial charge in [0.15, 0.2) is 0 Å². The van der Waals surface area contributed by atoms with Gasteiger partial charge in [0.25, 0.3) is 5.69 Å². The van der Waals surface area contributed by atoms with Crippen molar-refractivity contribution in [2.75, 3.05) is 10.2 Å². The van der Waals surface area contributed by atoms with Gasteiger partial charge in [0, 0.05) is 19.0 Å². The highest BCUT2D eigenvalue weighted by Crippen LogP contribution is 2.42. The Bertz CT molecular complexity index is 677. The van der Waals surface area contributed by atoms with Crippen LogP contribution in [0.5, 0.6) is 0 Å². The fourth-order valence-corrected chi connectivity index (χ4v) is 2.29. The van der Waals surface area contributed by atoms with Crippen molar-refractivity contribution >= 4 is 29.1 Å². The van der Waals surface area contributed by atoms with E-state index in [1.807, 2.05) is 0 Å². The summed E-state index contributed by atoms with van der Waals surface area (Å²) in [6, 6.07) is 4.13. The smallest absolute Gasteiger partial charge is 0.415 e. The lowest BCUT2D eigenvalue weighted by atomic mass is 10.2. The minimum atomic E-state index is -0.734. The van der Waals surface area contributed by atoms with E-state index in [2.05, 4.69) is 5.32 Å². The van der Waals surface area contributed by atoms with Crippen LogP contribution in [0.2, 0.25) is 0 Å². The van der Waals surface area contributed by atoms with E-state index in [4.69, 9.17) is 4.74 Å². The van der Waals surface area contributed by atoms with Crippen LogP contribution in [-0.4, -0.2) is 28.6 Å². The van der Waals surface area contributed by atoms with Crippen LogP contribution in [0, 0.1) is 10.1 Å². The van der Waals surface area contributed by atoms with Gasteiger partial charge in [0.2, 0.25) is 5.91 Å². The van der Waals surface area contributed by atoms with E-state index < -0.39 is 16.6 Å². The second-order valence-electron chi connectivity index (χ2n) is 6.69. The summed E-state index contributed by atoms with van der Waals surface area (Å²) in [4.78, 5) is 36.2. The predicted molar refractivity (Wildman–Crippen MR) is 89.1 cm³/mol. The number of benzene rings is 1. The molecule has 0 unspecified atom stereocenters. The first-order valence-corrected chi connectivity index (χ1v) is 7.67. The van der Waals surface area contributed by atoms with E-state index in [1.165, 1.54) is 30.0 Å². The lowest BCUT2D eigenvalue weighted by Gasteiger charge is -2.28. The average Bonchev–Trinajstić information content (AvgIpc) is 3.22. The highest BCUT2D eigenvalue weighted by Gasteiger charge is 2.41. The SMILES string of the molecule is CC(=O)Nc1cccc([N+](=O)[O-])c1N(C(=O)OC(C)(C)C)C1CC1. The molecule has 2 rings (SSSR count). The number of ether oxygens (including phenoxy) is 1. The lowest BCUT2D eigenvalue weighted by Crippen LogP contribution is -2.39. The molecular formula is C16H21N3O5. The number of nitrogens with one attached hydrogen (secondary N) is 1. The Balaban J connectivity index is 2.53. The predicted octanol–water partition coefficient (Wildman–Crippen LogP) is 3.46. The summed E-state index contributed by atoms with van der Waals surface area (Å²) in [7, 11) is 0. The number of rotatable bonds is 4. The first kappa shape index (κ1) is 17.7. The number of nitrogens with zero attached hydrogens (tertiary/aromatic N) is 2. The topological polar surface area (TPSA) is 102 Å². The van der Waals surface area contributed by atoms with Crippen LogP contribution in [-0.2, 0) is 9.53 Å². The van der Waals surface area contributed by atoms with Crippen molar-refractivity contribution < 1.29 is 19.2 Å². The molecule has 1 N–H and O–H groups in total. The largest absolute Gasteiger partial charge is 0.443 e. The summed E-state index contributed by atoms with van der Waals surface area (Å²) in [5, 5.41) is 14.0. The number of carbonyl (C=O) groups excluding carboxylic acids is 2. The maximum Gasteiger partial charge on any atom is 0.415 e. The Morgan fingerprint density at radius 3 is 2.42 bits per heavy atom. The van der Waals surface area contributed by atoms with Gasteiger partial charge >= 0.3 is 6.09 Å². The molecule has 1 fully saturated rings. The molecule has 0 atom stereocenters. The van der Waals surface area contributed by atoms with Crippen molar-refractivity contribution in [1.82, 2.24) is 0 Å². The number of anilines is 2. The second-order valence-corrected chi connectivity index (χ2v) is 6.69. The van der Waals surface area contributed by atoms with Gasteiger partial charge in [-0.15, -0.1) is 0 Å². The lowest BCUT2D eigenvalue weighted by molar-refractivity contribution is -0.384. The number of hydrogen-bond acceptors (Lipinski definition) is 5. The van der Waals surface area contributed by atoms with Gasteiger partial charge < -0.3 is 10.1 Å². The van der Waals surface area contributed by atoms with Gasteiger partial charge in [-0.2, -0.15) is 0 Å². The fraction of sp³-hybridized carbons (Fsp3) is 0.500. The molecule has 0 bridgehead atoms. The Hall–Kier alpha value is -2.64. The van der Waals surface area contributed by atoms with E-state index in [-0.39, 0.29) is 29.0 Å². The third kappa shape index (κ3) is 4.21. The summed E-state index contributed by atoms with van der Waals surface area (Å²) in [5.74, 6) is -0.378. The van der Waals surface area contributed by atoms with Gasteiger partial charge in [-0.1, -0.05) is 6.07 Å². The zero-order chi connectivity index (χ0) is 18.1. The van der Waals surface area contributed by atoms with Crippen LogP contribution in [0.15, 0.2) is 18.2 Å². The van der Waals surface area contributed by atoms with Crippen LogP contribution in [0.25, 0.3) is 0 Å². The summed E-state index contributed by atoms with van der Waals surface area (Å²) < 4.78 is 5.40. The molecule has 1 aromatic carbocycles. The van der Waals surface area contributed by atoms with Crippen LogP contribution < -0.4 is 10.2 Å². The molecule has 1 aliphatic rings. The Morgan fingerprint density at radius 1 is 1.33 bits per heavy atom. The Kier molecular flexibility index (Phi) is 4.77. The van der Waals surface area contributed by atoms with E-state index in [1.54, 1.807) is 20.8 Å². The number of amides is 2. The monoisotopic (exact) mass is 335 g/mol. The molecule has 0 aliphatic heterocycles. The molecule has 0 radical (unpaired) electrons. The number of hydrogen-bond donors (Lipinski definition) is 1. The summed E-state index contributed by atoms with van der Waals surface area (Å²) in [6.07, 6.45) is 0.793. The zero-order valence-corrected chi connectivity index (χ0v) is 14.2. The van der Waals surface area contributed by atoms with Gasteiger partial charge in [0.05, 0.1) is 10.6 Å². The zero-order valence-electron chi connectivity index (χ0n) is 14.2. The van der Waals surface area contributed by atoms with Gasteiger partial charge in [-0.3, -0.25) is 19.8 Å². The normalized spacial score (nSPS) is 14.0. The minimum Gasteiger partial charge on any atom is -0.443 e. The van der Waals surface area contributed by atoms with Crippen LogP contribution in [0.1, 0.15) is 40.5 Å². The average molecular weight is 335 g/mol. The molecule has 1 aliphatic carbocycles. The maximum absolute atomic E-state index is 12.6. The highest BCUT2D eigenvalue weighted by atomic mass is 16.6. The molecule has 8 nitrogen and oxygen atoms in total. The van der Waals surface area contributed by atoms with Crippen molar-refractivity contribution in [1.29, 1.82) is 0 Å². The number of carbonyl (C=O) groups is 2. The third-order valence-corrected chi connectivity index (χ3v) is 3.27. The third-order valence-electron chi connectivity index (χ3n) is 3.27.